The maximum atomic E-state index is 13.5. The van der Waals surface area contributed by atoms with Crippen molar-refractivity contribution < 1.29 is 14.4 Å². The van der Waals surface area contributed by atoms with Crippen molar-refractivity contribution in [3.8, 4) is 0 Å². The summed E-state index contributed by atoms with van der Waals surface area (Å²) in [5.41, 5.74) is 3.12. The van der Waals surface area contributed by atoms with Gasteiger partial charge in [-0.1, -0.05) is 36.4 Å². The van der Waals surface area contributed by atoms with Crippen LogP contribution in [0.25, 0.3) is 0 Å². The number of carbonyl (C=O) groups excluding carboxylic acids is 3. The molecular formula is C25H30N4O3S. The number of nitrogens with one attached hydrogen (secondary N) is 3. The first-order chi connectivity index (χ1) is 16.0. The summed E-state index contributed by atoms with van der Waals surface area (Å²) in [6.07, 6.45) is 2.91. The SMILES string of the molecule is CN[C@@H](C)C(=O)NC1CSc2ccccc2N(CC(=O)N[C@@H]2CCCc3ccccc32)C1=O. The highest BCUT2D eigenvalue weighted by Crippen LogP contribution is 2.34. The van der Waals surface area contributed by atoms with Crippen molar-refractivity contribution >= 4 is 35.2 Å². The van der Waals surface area contributed by atoms with E-state index in [0.717, 1.165) is 29.7 Å². The Bertz CT molecular complexity index is 1040. The lowest BCUT2D eigenvalue weighted by Gasteiger charge is -2.29. The van der Waals surface area contributed by atoms with Crippen LogP contribution in [0.5, 0.6) is 0 Å². The second-order valence-electron chi connectivity index (χ2n) is 8.49. The van der Waals surface area contributed by atoms with Crippen LogP contribution < -0.4 is 20.9 Å². The van der Waals surface area contributed by atoms with Gasteiger partial charge in [0.05, 0.1) is 17.8 Å². The Balaban J connectivity index is 1.53. The molecule has 33 heavy (non-hydrogen) atoms. The summed E-state index contributed by atoms with van der Waals surface area (Å²) < 4.78 is 0. The fraction of sp³-hybridized carbons (Fsp3) is 0.400. The molecule has 174 valence electrons. The van der Waals surface area contributed by atoms with Crippen molar-refractivity contribution in [2.75, 3.05) is 24.2 Å². The molecule has 8 heteroatoms. The number of hydrogen-bond donors (Lipinski definition) is 3. The van der Waals surface area contributed by atoms with E-state index < -0.39 is 12.1 Å². The van der Waals surface area contributed by atoms with Gasteiger partial charge < -0.3 is 20.9 Å². The Morgan fingerprint density at radius 1 is 1.09 bits per heavy atom. The number of carbonyl (C=O) groups is 3. The highest BCUT2D eigenvalue weighted by Gasteiger charge is 2.34. The zero-order valence-corrected chi connectivity index (χ0v) is 19.8. The molecule has 1 aliphatic heterocycles. The summed E-state index contributed by atoms with van der Waals surface area (Å²) in [5, 5.41) is 8.88. The first-order valence-corrected chi connectivity index (χ1v) is 12.3. The number of para-hydroxylation sites is 1. The number of rotatable bonds is 6. The molecule has 1 heterocycles. The number of aryl methyl sites for hydroxylation is 1. The lowest BCUT2D eigenvalue weighted by Crippen LogP contribution is -2.54. The van der Waals surface area contributed by atoms with Crippen molar-refractivity contribution in [3.05, 3.63) is 59.7 Å². The third-order valence-electron chi connectivity index (χ3n) is 6.27. The van der Waals surface area contributed by atoms with Crippen molar-refractivity contribution in [1.29, 1.82) is 0 Å². The molecule has 0 fully saturated rings. The number of fused-ring (bicyclic) bond motifs is 2. The molecule has 0 radical (unpaired) electrons. The molecule has 2 aliphatic rings. The summed E-state index contributed by atoms with van der Waals surface area (Å²) in [7, 11) is 1.70. The minimum Gasteiger partial charge on any atom is -0.348 e. The number of thioether (sulfide) groups is 1. The van der Waals surface area contributed by atoms with Gasteiger partial charge in [0.2, 0.25) is 11.8 Å². The Morgan fingerprint density at radius 2 is 1.85 bits per heavy atom. The van der Waals surface area contributed by atoms with Gasteiger partial charge in [0.25, 0.3) is 5.91 Å². The van der Waals surface area contributed by atoms with Gasteiger partial charge in [-0.15, -0.1) is 11.8 Å². The third kappa shape index (κ3) is 5.23. The molecule has 0 aromatic heterocycles. The molecule has 2 aromatic carbocycles. The van der Waals surface area contributed by atoms with Crippen LogP contribution in [0.15, 0.2) is 53.4 Å². The molecule has 0 bridgehead atoms. The first-order valence-electron chi connectivity index (χ1n) is 11.4. The van der Waals surface area contributed by atoms with Crippen molar-refractivity contribution in [3.63, 3.8) is 0 Å². The van der Waals surface area contributed by atoms with Crippen molar-refractivity contribution in [1.82, 2.24) is 16.0 Å². The topological polar surface area (TPSA) is 90.5 Å². The normalized spacial score (nSPS) is 20.8. The Kier molecular flexibility index (Phi) is 7.35. The van der Waals surface area contributed by atoms with E-state index in [1.165, 1.54) is 22.2 Å². The maximum Gasteiger partial charge on any atom is 0.250 e. The molecule has 7 nitrogen and oxygen atoms in total. The lowest BCUT2D eigenvalue weighted by molar-refractivity contribution is -0.128. The minimum absolute atomic E-state index is 0.0545. The molecule has 1 aliphatic carbocycles. The van der Waals surface area contributed by atoms with Crippen LogP contribution in [-0.2, 0) is 20.8 Å². The van der Waals surface area contributed by atoms with E-state index in [2.05, 4.69) is 28.1 Å². The molecule has 0 spiro atoms. The second kappa shape index (κ2) is 10.4. The van der Waals surface area contributed by atoms with E-state index in [1.807, 2.05) is 36.4 Å². The Morgan fingerprint density at radius 3 is 2.67 bits per heavy atom. The standard InChI is InChI=1S/C25H30N4O3S/c1-16(26-2)24(31)28-20-15-33-22-13-6-5-12-21(22)29(25(20)32)14-23(30)27-19-11-7-9-17-8-3-4-10-18(17)19/h3-6,8,10,12-13,16,19-20,26H,7,9,11,14-15H2,1-2H3,(H,27,30)(H,28,31)/t16-,19+,20?/m0/s1. The molecule has 3 N–H and O–H groups in total. The van der Waals surface area contributed by atoms with Gasteiger partial charge in [0, 0.05) is 10.6 Å². The third-order valence-corrected chi connectivity index (χ3v) is 7.43. The number of hydrogen-bond acceptors (Lipinski definition) is 5. The average molecular weight is 467 g/mol. The van der Waals surface area contributed by atoms with Crippen molar-refractivity contribution in [2.45, 2.75) is 49.2 Å². The van der Waals surface area contributed by atoms with E-state index in [-0.39, 0.29) is 30.3 Å². The van der Waals surface area contributed by atoms with Crippen LogP contribution in [-0.4, -0.2) is 49.2 Å². The number of likely N-dealkylation sites (N-methyl/N-ethyl adjacent to an activating group) is 1. The van der Waals surface area contributed by atoms with E-state index in [1.54, 1.807) is 14.0 Å². The number of nitrogens with zero attached hydrogens (tertiary/aromatic N) is 1. The van der Waals surface area contributed by atoms with Gasteiger partial charge >= 0.3 is 0 Å². The number of anilines is 1. The van der Waals surface area contributed by atoms with Crippen molar-refractivity contribution in [2.24, 2.45) is 0 Å². The minimum atomic E-state index is -0.714. The molecule has 2 aromatic rings. The highest BCUT2D eigenvalue weighted by atomic mass is 32.2. The molecule has 0 saturated heterocycles. The maximum absolute atomic E-state index is 13.5. The monoisotopic (exact) mass is 466 g/mol. The fourth-order valence-electron chi connectivity index (χ4n) is 4.34. The smallest absolute Gasteiger partial charge is 0.250 e. The lowest BCUT2D eigenvalue weighted by atomic mass is 9.88. The summed E-state index contributed by atoms with van der Waals surface area (Å²) >= 11 is 1.51. The van der Waals surface area contributed by atoms with Crippen LogP contribution >= 0.6 is 11.8 Å². The van der Waals surface area contributed by atoms with Gasteiger partial charge in [-0.05, 0) is 56.5 Å². The van der Waals surface area contributed by atoms with Gasteiger partial charge in [0.15, 0.2) is 0 Å². The van der Waals surface area contributed by atoms with Crippen LogP contribution in [0.2, 0.25) is 0 Å². The van der Waals surface area contributed by atoms with Gasteiger partial charge in [-0.2, -0.15) is 0 Å². The van der Waals surface area contributed by atoms with E-state index in [0.29, 0.717) is 11.4 Å². The van der Waals surface area contributed by atoms with Gasteiger partial charge in [-0.25, -0.2) is 0 Å². The first kappa shape index (κ1) is 23.3. The average Bonchev–Trinajstić information content (AvgIpc) is 2.96. The molecule has 3 atom stereocenters. The Labute approximate surface area is 198 Å². The molecule has 0 saturated carbocycles. The summed E-state index contributed by atoms with van der Waals surface area (Å²) in [4.78, 5) is 41.5. The zero-order valence-electron chi connectivity index (χ0n) is 19.0. The van der Waals surface area contributed by atoms with Crippen LogP contribution in [0.3, 0.4) is 0 Å². The molecule has 1 unspecified atom stereocenters. The molecule has 3 amide bonds. The molecule has 4 rings (SSSR count). The highest BCUT2D eigenvalue weighted by molar-refractivity contribution is 7.99. The predicted molar refractivity (Wildman–Crippen MR) is 130 cm³/mol. The molecular weight excluding hydrogens is 436 g/mol. The summed E-state index contributed by atoms with van der Waals surface area (Å²) in [6, 6.07) is 14.6. The van der Waals surface area contributed by atoms with Crippen LogP contribution in [0.1, 0.15) is 36.9 Å². The van der Waals surface area contributed by atoms with E-state index in [4.69, 9.17) is 0 Å². The number of benzene rings is 2. The van der Waals surface area contributed by atoms with E-state index >= 15 is 0 Å². The predicted octanol–water partition coefficient (Wildman–Crippen LogP) is 2.41. The second-order valence-corrected chi connectivity index (χ2v) is 9.55. The largest absolute Gasteiger partial charge is 0.348 e. The fourth-order valence-corrected chi connectivity index (χ4v) is 5.41. The van der Waals surface area contributed by atoms with E-state index in [9.17, 15) is 14.4 Å². The van der Waals surface area contributed by atoms with Gasteiger partial charge in [0.1, 0.15) is 12.6 Å². The zero-order chi connectivity index (χ0) is 23.4. The Hall–Kier alpha value is -2.84. The van der Waals surface area contributed by atoms with Gasteiger partial charge in [-0.3, -0.25) is 14.4 Å². The summed E-state index contributed by atoms with van der Waals surface area (Å²) in [6.45, 7) is 1.65. The number of amides is 3. The quantitative estimate of drug-likeness (QED) is 0.608. The summed E-state index contributed by atoms with van der Waals surface area (Å²) in [5.74, 6) is -0.319. The van der Waals surface area contributed by atoms with Crippen LogP contribution in [0.4, 0.5) is 5.69 Å². The van der Waals surface area contributed by atoms with Crippen LogP contribution in [0, 0.1) is 0 Å².